The van der Waals surface area contributed by atoms with Crippen molar-refractivity contribution >= 4 is 5.91 Å². The summed E-state index contributed by atoms with van der Waals surface area (Å²) in [7, 11) is 0. The second-order valence-corrected chi connectivity index (χ2v) is 5.70. The van der Waals surface area contributed by atoms with E-state index in [9.17, 15) is 4.79 Å². The first kappa shape index (κ1) is 17.1. The van der Waals surface area contributed by atoms with Gasteiger partial charge >= 0.3 is 0 Å². The summed E-state index contributed by atoms with van der Waals surface area (Å²) in [5, 5.41) is 3.09. The Morgan fingerprint density at radius 1 is 1.09 bits per heavy atom. The van der Waals surface area contributed by atoms with Crippen molar-refractivity contribution in [2.45, 2.75) is 39.2 Å². The number of hydrogen-bond acceptors (Lipinski definition) is 2. The van der Waals surface area contributed by atoms with E-state index >= 15 is 0 Å². The molecule has 122 valence electrons. The second kappa shape index (κ2) is 8.99. The summed E-state index contributed by atoms with van der Waals surface area (Å²) in [5.41, 5.74) is 2.36. The molecule has 0 saturated carbocycles. The summed E-state index contributed by atoms with van der Waals surface area (Å²) >= 11 is 0. The highest BCUT2D eigenvalue weighted by molar-refractivity contribution is 5.76. The first-order chi connectivity index (χ1) is 11.2. The van der Waals surface area contributed by atoms with Gasteiger partial charge in [0.15, 0.2) is 0 Å². The SMILES string of the molecule is CC[C@@H](NC(=O)CCCOc1ccc(C)cc1)c1ccccc1. The number of ether oxygens (including phenoxy) is 1. The van der Waals surface area contributed by atoms with Gasteiger partial charge in [-0.05, 0) is 37.5 Å². The largest absolute Gasteiger partial charge is 0.494 e. The number of benzene rings is 2. The van der Waals surface area contributed by atoms with E-state index in [4.69, 9.17) is 4.74 Å². The van der Waals surface area contributed by atoms with Gasteiger partial charge in [0, 0.05) is 6.42 Å². The molecule has 0 saturated heterocycles. The molecule has 3 heteroatoms. The molecule has 0 heterocycles. The molecule has 23 heavy (non-hydrogen) atoms. The van der Waals surface area contributed by atoms with Crippen LogP contribution in [0.25, 0.3) is 0 Å². The van der Waals surface area contributed by atoms with Gasteiger partial charge in [0.1, 0.15) is 5.75 Å². The minimum atomic E-state index is 0.0770. The zero-order chi connectivity index (χ0) is 16.5. The lowest BCUT2D eigenvalue weighted by molar-refractivity contribution is -0.122. The van der Waals surface area contributed by atoms with E-state index in [1.807, 2.05) is 49.4 Å². The standard InChI is InChI=1S/C20H25NO2/c1-3-19(17-8-5-4-6-9-17)21-20(22)10-7-15-23-18-13-11-16(2)12-14-18/h4-6,8-9,11-14,19H,3,7,10,15H2,1-2H3,(H,21,22)/t19-/m1/s1. The Morgan fingerprint density at radius 2 is 1.78 bits per heavy atom. The van der Waals surface area contributed by atoms with Crippen molar-refractivity contribution in [3.63, 3.8) is 0 Å². The Hall–Kier alpha value is -2.29. The monoisotopic (exact) mass is 311 g/mol. The fourth-order valence-electron chi connectivity index (χ4n) is 2.43. The summed E-state index contributed by atoms with van der Waals surface area (Å²) < 4.78 is 5.65. The van der Waals surface area contributed by atoms with Gasteiger partial charge in [-0.15, -0.1) is 0 Å². The number of amides is 1. The van der Waals surface area contributed by atoms with Crippen molar-refractivity contribution in [1.82, 2.24) is 5.32 Å². The second-order valence-electron chi connectivity index (χ2n) is 5.70. The molecule has 0 spiro atoms. The van der Waals surface area contributed by atoms with Crippen LogP contribution in [-0.4, -0.2) is 12.5 Å². The van der Waals surface area contributed by atoms with E-state index < -0.39 is 0 Å². The van der Waals surface area contributed by atoms with E-state index in [-0.39, 0.29) is 11.9 Å². The van der Waals surface area contributed by atoms with Gasteiger partial charge in [-0.3, -0.25) is 4.79 Å². The van der Waals surface area contributed by atoms with Crippen LogP contribution in [0.5, 0.6) is 5.75 Å². The number of aryl methyl sites for hydroxylation is 1. The van der Waals surface area contributed by atoms with Gasteiger partial charge in [-0.2, -0.15) is 0 Å². The molecule has 0 unspecified atom stereocenters. The van der Waals surface area contributed by atoms with Crippen molar-refractivity contribution in [3.05, 3.63) is 65.7 Å². The maximum Gasteiger partial charge on any atom is 0.220 e. The zero-order valence-electron chi connectivity index (χ0n) is 13.9. The average molecular weight is 311 g/mol. The van der Waals surface area contributed by atoms with Gasteiger partial charge in [0.2, 0.25) is 5.91 Å². The molecule has 2 rings (SSSR count). The summed E-state index contributed by atoms with van der Waals surface area (Å²) in [6.07, 6.45) is 2.08. The molecule has 0 fully saturated rings. The molecule has 0 aliphatic heterocycles. The summed E-state index contributed by atoms with van der Waals surface area (Å²) in [5.74, 6) is 0.930. The molecule has 2 aromatic rings. The Labute approximate surface area is 138 Å². The van der Waals surface area contributed by atoms with E-state index in [1.54, 1.807) is 0 Å². The number of nitrogens with one attached hydrogen (secondary N) is 1. The van der Waals surface area contributed by atoms with E-state index in [0.29, 0.717) is 19.4 Å². The van der Waals surface area contributed by atoms with Crippen LogP contribution in [0.3, 0.4) is 0 Å². The maximum atomic E-state index is 12.1. The topological polar surface area (TPSA) is 38.3 Å². The summed E-state index contributed by atoms with van der Waals surface area (Å²) in [6.45, 7) is 4.68. The van der Waals surface area contributed by atoms with Crippen LogP contribution in [0.2, 0.25) is 0 Å². The number of hydrogen-bond donors (Lipinski definition) is 1. The molecule has 0 bridgehead atoms. The third-order valence-electron chi connectivity index (χ3n) is 3.78. The van der Waals surface area contributed by atoms with Crippen LogP contribution in [0, 0.1) is 6.92 Å². The highest BCUT2D eigenvalue weighted by atomic mass is 16.5. The third-order valence-corrected chi connectivity index (χ3v) is 3.78. The highest BCUT2D eigenvalue weighted by Gasteiger charge is 2.11. The lowest BCUT2D eigenvalue weighted by Crippen LogP contribution is -2.28. The minimum Gasteiger partial charge on any atom is -0.494 e. The van der Waals surface area contributed by atoms with Crippen molar-refractivity contribution < 1.29 is 9.53 Å². The van der Waals surface area contributed by atoms with Crippen LogP contribution < -0.4 is 10.1 Å². The summed E-state index contributed by atoms with van der Waals surface area (Å²) in [4.78, 5) is 12.1. The quantitative estimate of drug-likeness (QED) is 0.733. The molecule has 0 aliphatic carbocycles. The molecule has 1 amide bonds. The molecule has 3 nitrogen and oxygen atoms in total. The van der Waals surface area contributed by atoms with E-state index in [1.165, 1.54) is 5.56 Å². The molecule has 0 radical (unpaired) electrons. The van der Waals surface area contributed by atoms with Gasteiger partial charge < -0.3 is 10.1 Å². The smallest absolute Gasteiger partial charge is 0.220 e. The first-order valence-electron chi connectivity index (χ1n) is 8.23. The zero-order valence-corrected chi connectivity index (χ0v) is 13.9. The molecule has 1 N–H and O–H groups in total. The van der Waals surface area contributed by atoms with Crippen LogP contribution in [0.15, 0.2) is 54.6 Å². The van der Waals surface area contributed by atoms with Gasteiger partial charge in [0.05, 0.1) is 12.6 Å². The molecule has 2 aromatic carbocycles. The van der Waals surface area contributed by atoms with Crippen molar-refractivity contribution in [2.24, 2.45) is 0 Å². The van der Waals surface area contributed by atoms with Gasteiger partial charge in [-0.25, -0.2) is 0 Å². The fourth-order valence-corrected chi connectivity index (χ4v) is 2.43. The maximum absolute atomic E-state index is 12.1. The number of carbonyl (C=O) groups excluding carboxylic acids is 1. The average Bonchev–Trinajstić information content (AvgIpc) is 2.59. The fraction of sp³-hybridized carbons (Fsp3) is 0.350. The Balaban J connectivity index is 1.71. The molecular formula is C20H25NO2. The molecule has 1 atom stereocenters. The van der Waals surface area contributed by atoms with Crippen LogP contribution in [0.1, 0.15) is 43.4 Å². The van der Waals surface area contributed by atoms with Gasteiger partial charge in [-0.1, -0.05) is 55.0 Å². The number of carbonyl (C=O) groups is 1. The Bertz CT molecular complexity index is 593. The summed E-state index contributed by atoms with van der Waals surface area (Å²) in [6, 6.07) is 18.1. The normalized spacial score (nSPS) is 11.7. The Morgan fingerprint density at radius 3 is 2.43 bits per heavy atom. The van der Waals surface area contributed by atoms with Crippen LogP contribution in [-0.2, 0) is 4.79 Å². The van der Waals surface area contributed by atoms with Gasteiger partial charge in [0.25, 0.3) is 0 Å². The Kier molecular flexibility index (Phi) is 6.67. The molecule has 0 aromatic heterocycles. The highest BCUT2D eigenvalue weighted by Crippen LogP contribution is 2.16. The van der Waals surface area contributed by atoms with Crippen LogP contribution >= 0.6 is 0 Å². The third kappa shape index (κ3) is 5.78. The van der Waals surface area contributed by atoms with Crippen molar-refractivity contribution in [3.8, 4) is 5.75 Å². The van der Waals surface area contributed by atoms with Crippen LogP contribution in [0.4, 0.5) is 0 Å². The lowest BCUT2D eigenvalue weighted by Gasteiger charge is -2.17. The molecular weight excluding hydrogens is 286 g/mol. The van der Waals surface area contributed by atoms with Crippen molar-refractivity contribution in [2.75, 3.05) is 6.61 Å². The predicted molar refractivity (Wildman–Crippen MR) is 93.5 cm³/mol. The van der Waals surface area contributed by atoms with E-state index in [2.05, 4.69) is 24.4 Å². The van der Waals surface area contributed by atoms with Crippen molar-refractivity contribution in [1.29, 1.82) is 0 Å². The molecule has 0 aliphatic rings. The first-order valence-corrected chi connectivity index (χ1v) is 8.23. The lowest BCUT2D eigenvalue weighted by atomic mass is 10.0. The van der Waals surface area contributed by atoms with E-state index in [0.717, 1.165) is 17.7 Å². The minimum absolute atomic E-state index is 0.0770. The number of rotatable bonds is 8. The predicted octanol–water partition coefficient (Wildman–Crippen LogP) is 4.42.